The minimum absolute atomic E-state index is 0.101. The molecule has 6 nitrogen and oxygen atoms in total. The summed E-state index contributed by atoms with van der Waals surface area (Å²) in [5.74, 6) is -1.90. The van der Waals surface area contributed by atoms with Crippen molar-refractivity contribution in [1.29, 1.82) is 0 Å². The lowest BCUT2D eigenvalue weighted by molar-refractivity contribution is -0.137. The average Bonchev–Trinajstić information content (AvgIpc) is 3.30. The molecule has 0 spiro atoms. The molecule has 0 radical (unpaired) electrons. The summed E-state index contributed by atoms with van der Waals surface area (Å²) >= 11 is 0. The number of carbonyl (C=O) groups excluding carboxylic acids is 2. The molecule has 1 aliphatic carbocycles. The first-order valence-electron chi connectivity index (χ1n) is 11.7. The monoisotopic (exact) mass is 487 g/mol. The van der Waals surface area contributed by atoms with Gasteiger partial charge in [0.05, 0.1) is 17.3 Å². The largest absolute Gasteiger partial charge is 0.452 e. The van der Waals surface area contributed by atoms with Crippen molar-refractivity contribution in [2.24, 2.45) is 11.0 Å². The number of benzene rings is 2. The number of ether oxygens (including phenoxy) is 1. The smallest absolute Gasteiger partial charge is 0.338 e. The fourth-order valence-corrected chi connectivity index (χ4v) is 4.73. The second-order valence-electron chi connectivity index (χ2n) is 8.75. The van der Waals surface area contributed by atoms with Crippen LogP contribution in [0.15, 0.2) is 83.7 Å². The van der Waals surface area contributed by atoms with Gasteiger partial charge in [-0.05, 0) is 78.4 Å². The van der Waals surface area contributed by atoms with E-state index >= 15 is 0 Å². The maximum Gasteiger partial charge on any atom is 0.338 e. The van der Waals surface area contributed by atoms with Crippen LogP contribution in [-0.4, -0.2) is 34.2 Å². The number of hydrogen-bond donors (Lipinski definition) is 0. The number of nitrogens with zero attached hydrogens (tertiary/aromatic N) is 3. The number of allylic oxidation sites excluding steroid dienone is 1. The van der Waals surface area contributed by atoms with Crippen LogP contribution < -0.4 is 0 Å². The van der Waals surface area contributed by atoms with Gasteiger partial charge in [0.15, 0.2) is 6.61 Å². The van der Waals surface area contributed by atoms with E-state index in [1.807, 2.05) is 6.08 Å². The van der Waals surface area contributed by atoms with Crippen molar-refractivity contribution in [1.82, 2.24) is 9.99 Å². The number of hydrogen-bond acceptors (Lipinski definition) is 5. The van der Waals surface area contributed by atoms with E-state index in [1.54, 1.807) is 24.3 Å². The van der Waals surface area contributed by atoms with E-state index in [9.17, 15) is 18.4 Å². The van der Waals surface area contributed by atoms with Gasteiger partial charge in [-0.3, -0.25) is 9.78 Å². The second-order valence-corrected chi connectivity index (χ2v) is 8.75. The fourth-order valence-electron chi connectivity index (χ4n) is 4.73. The summed E-state index contributed by atoms with van der Waals surface area (Å²) in [7, 11) is 0. The highest BCUT2D eigenvalue weighted by Gasteiger charge is 2.43. The molecule has 182 valence electrons. The molecule has 1 saturated carbocycles. The summed E-state index contributed by atoms with van der Waals surface area (Å²) < 4.78 is 32.3. The third-order valence-electron chi connectivity index (χ3n) is 6.42. The Morgan fingerprint density at radius 3 is 2.33 bits per heavy atom. The summed E-state index contributed by atoms with van der Waals surface area (Å²) in [4.78, 5) is 29.5. The van der Waals surface area contributed by atoms with Gasteiger partial charge in [0.2, 0.25) is 0 Å². The minimum atomic E-state index is -0.634. The number of esters is 1. The number of carbonyl (C=O) groups is 2. The molecule has 2 unspecified atom stereocenters. The Bertz CT molecular complexity index is 1320. The van der Waals surface area contributed by atoms with Crippen LogP contribution in [-0.2, 0) is 9.53 Å². The van der Waals surface area contributed by atoms with Gasteiger partial charge in [-0.15, -0.1) is 0 Å². The van der Waals surface area contributed by atoms with Gasteiger partial charge < -0.3 is 4.74 Å². The fraction of sp³-hybridized carbons (Fsp3) is 0.214. The number of rotatable bonds is 5. The Kier molecular flexibility index (Phi) is 6.66. The van der Waals surface area contributed by atoms with E-state index in [-0.39, 0.29) is 17.6 Å². The lowest BCUT2D eigenvalue weighted by atomic mass is 9.77. The molecule has 1 fully saturated rings. The lowest BCUT2D eigenvalue weighted by Gasteiger charge is -2.29. The number of fused-ring (bicyclic) bond motifs is 1. The van der Waals surface area contributed by atoms with Gasteiger partial charge in [0.25, 0.3) is 5.91 Å². The van der Waals surface area contributed by atoms with Crippen LogP contribution in [0.3, 0.4) is 0 Å². The zero-order valence-corrected chi connectivity index (χ0v) is 19.3. The highest BCUT2D eigenvalue weighted by atomic mass is 19.1. The van der Waals surface area contributed by atoms with Crippen LogP contribution in [0.25, 0.3) is 6.08 Å². The Labute approximate surface area is 206 Å². The predicted molar refractivity (Wildman–Crippen MR) is 130 cm³/mol. The molecule has 3 aromatic rings. The van der Waals surface area contributed by atoms with Gasteiger partial charge in [0.1, 0.15) is 11.6 Å². The predicted octanol–water partition coefficient (Wildman–Crippen LogP) is 5.34. The van der Waals surface area contributed by atoms with Crippen molar-refractivity contribution in [2.75, 3.05) is 6.61 Å². The van der Waals surface area contributed by atoms with E-state index in [0.29, 0.717) is 5.56 Å². The molecule has 0 N–H and O–H groups in total. The summed E-state index contributed by atoms with van der Waals surface area (Å²) in [5, 5.41) is 6.06. The molecular formula is C28H23F2N3O3. The number of aromatic nitrogens is 1. The van der Waals surface area contributed by atoms with E-state index in [0.717, 1.165) is 41.7 Å². The van der Waals surface area contributed by atoms with Gasteiger partial charge in [0, 0.05) is 18.3 Å². The van der Waals surface area contributed by atoms with Crippen molar-refractivity contribution < 1.29 is 23.1 Å². The highest BCUT2D eigenvalue weighted by Crippen LogP contribution is 2.44. The summed E-state index contributed by atoms with van der Waals surface area (Å²) in [6.07, 6.45) is 7.34. The first kappa shape index (κ1) is 23.5. The second kappa shape index (κ2) is 10.2. The molecule has 5 rings (SSSR count). The van der Waals surface area contributed by atoms with Crippen LogP contribution in [0.4, 0.5) is 8.78 Å². The number of pyridine rings is 1. The van der Waals surface area contributed by atoms with Crippen molar-refractivity contribution in [2.45, 2.75) is 25.3 Å². The summed E-state index contributed by atoms with van der Waals surface area (Å²) in [6.45, 7) is -0.487. The van der Waals surface area contributed by atoms with Crippen LogP contribution in [0.2, 0.25) is 0 Å². The summed E-state index contributed by atoms with van der Waals surface area (Å²) in [6, 6.07) is 14.8. The van der Waals surface area contributed by atoms with Crippen molar-refractivity contribution in [3.63, 3.8) is 0 Å². The zero-order chi connectivity index (χ0) is 25.1. The lowest BCUT2D eigenvalue weighted by Crippen LogP contribution is -2.34. The van der Waals surface area contributed by atoms with Crippen molar-refractivity contribution in [3.05, 3.63) is 107 Å². The van der Waals surface area contributed by atoms with E-state index in [2.05, 4.69) is 4.98 Å². The van der Waals surface area contributed by atoms with Crippen LogP contribution in [0.5, 0.6) is 0 Å². The molecule has 0 bridgehead atoms. The molecular weight excluding hydrogens is 464 g/mol. The molecule has 0 saturated heterocycles. The van der Waals surface area contributed by atoms with Gasteiger partial charge in [-0.1, -0.05) is 24.3 Å². The van der Waals surface area contributed by atoms with Gasteiger partial charge >= 0.3 is 5.97 Å². The van der Waals surface area contributed by atoms with E-state index in [1.165, 1.54) is 53.8 Å². The Balaban J connectivity index is 1.44. The zero-order valence-electron chi connectivity index (χ0n) is 19.3. The Morgan fingerprint density at radius 2 is 1.64 bits per heavy atom. The normalized spacial score (nSPS) is 20.1. The Morgan fingerprint density at radius 1 is 0.972 bits per heavy atom. The quantitative estimate of drug-likeness (QED) is 0.456. The standard InChI is InChI=1S/C28H23F2N3O3/c29-22-8-4-18(5-9-22)16-21-2-1-3-24-26(21)32-33(27(24)19-6-10-23(30)11-7-19)25(34)17-36-28(35)20-12-14-31-15-13-20/h4-16,24,27H,1-3,17H2. The first-order chi connectivity index (χ1) is 17.5. The van der Waals surface area contributed by atoms with Crippen LogP contribution in [0, 0.1) is 17.6 Å². The number of halogens is 2. The minimum Gasteiger partial charge on any atom is -0.452 e. The van der Waals surface area contributed by atoms with E-state index < -0.39 is 24.5 Å². The molecule has 2 heterocycles. The van der Waals surface area contributed by atoms with Crippen LogP contribution >= 0.6 is 0 Å². The Hall–Kier alpha value is -4.20. The first-order valence-corrected chi connectivity index (χ1v) is 11.7. The average molecular weight is 488 g/mol. The number of amides is 1. The molecule has 1 aromatic heterocycles. The molecule has 2 aromatic carbocycles. The van der Waals surface area contributed by atoms with Crippen molar-refractivity contribution >= 4 is 23.7 Å². The highest BCUT2D eigenvalue weighted by molar-refractivity contribution is 6.08. The van der Waals surface area contributed by atoms with Gasteiger partial charge in [-0.2, -0.15) is 5.10 Å². The molecule has 2 aliphatic rings. The molecule has 8 heteroatoms. The van der Waals surface area contributed by atoms with Crippen molar-refractivity contribution in [3.8, 4) is 0 Å². The maximum absolute atomic E-state index is 13.7. The molecule has 1 aliphatic heterocycles. The molecule has 36 heavy (non-hydrogen) atoms. The molecule has 1 amide bonds. The maximum atomic E-state index is 13.7. The topological polar surface area (TPSA) is 71.9 Å². The summed E-state index contributed by atoms with van der Waals surface area (Å²) in [5.41, 5.74) is 3.61. The van der Waals surface area contributed by atoms with Gasteiger partial charge in [-0.25, -0.2) is 18.6 Å². The van der Waals surface area contributed by atoms with E-state index in [4.69, 9.17) is 9.84 Å². The third kappa shape index (κ3) is 4.93. The SMILES string of the molecule is O=C(OCC(=O)N1N=C2C(=Cc3ccc(F)cc3)CCCC2C1c1ccc(F)cc1)c1ccncc1. The molecule has 2 atom stereocenters. The number of hydrazone groups is 1. The van der Waals surface area contributed by atoms with Crippen LogP contribution in [0.1, 0.15) is 46.8 Å². The third-order valence-corrected chi connectivity index (χ3v) is 6.42.